The monoisotopic (exact) mass is 308 g/mol. The van der Waals surface area contributed by atoms with Crippen molar-refractivity contribution in [2.75, 3.05) is 17.2 Å². The minimum atomic E-state index is -0.248. The lowest BCUT2D eigenvalue weighted by Crippen LogP contribution is -2.17. The molecule has 18 heavy (non-hydrogen) atoms. The molecule has 0 amide bonds. The van der Waals surface area contributed by atoms with Gasteiger partial charge in [0.05, 0.1) is 11.4 Å². The van der Waals surface area contributed by atoms with E-state index in [-0.39, 0.29) is 5.82 Å². The highest BCUT2D eigenvalue weighted by Gasteiger charge is 2.11. The first-order chi connectivity index (χ1) is 8.61. The smallest absolute Gasteiger partial charge is 0.125 e. The molecular formula is C14H14BrFN2. The fourth-order valence-electron chi connectivity index (χ4n) is 1.91. The lowest BCUT2D eigenvalue weighted by atomic mass is 10.2. The summed E-state index contributed by atoms with van der Waals surface area (Å²) in [7, 11) is 0. The van der Waals surface area contributed by atoms with Gasteiger partial charge in [0.15, 0.2) is 0 Å². The SMILES string of the molecule is CCN(c1cccc(F)c1)c1ccc(Br)cc1N. The van der Waals surface area contributed by atoms with Crippen molar-refractivity contribution in [1.29, 1.82) is 0 Å². The first-order valence-electron chi connectivity index (χ1n) is 5.70. The van der Waals surface area contributed by atoms with Gasteiger partial charge in [-0.05, 0) is 43.3 Å². The molecule has 2 aromatic rings. The number of benzene rings is 2. The fourth-order valence-corrected chi connectivity index (χ4v) is 2.29. The maximum Gasteiger partial charge on any atom is 0.125 e. The number of nitrogens with two attached hydrogens (primary N) is 1. The number of hydrogen-bond donors (Lipinski definition) is 1. The summed E-state index contributed by atoms with van der Waals surface area (Å²) in [6.07, 6.45) is 0. The van der Waals surface area contributed by atoms with Gasteiger partial charge in [-0.2, -0.15) is 0 Å². The van der Waals surface area contributed by atoms with Gasteiger partial charge in [-0.1, -0.05) is 22.0 Å². The van der Waals surface area contributed by atoms with Gasteiger partial charge in [-0.15, -0.1) is 0 Å². The summed E-state index contributed by atoms with van der Waals surface area (Å²) in [5.41, 5.74) is 8.35. The van der Waals surface area contributed by atoms with E-state index in [1.165, 1.54) is 12.1 Å². The van der Waals surface area contributed by atoms with E-state index >= 15 is 0 Å². The van der Waals surface area contributed by atoms with Gasteiger partial charge in [0.2, 0.25) is 0 Å². The van der Waals surface area contributed by atoms with Crippen molar-refractivity contribution in [2.24, 2.45) is 0 Å². The van der Waals surface area contributed by atoms with Gasteiger partial charge >= 0.3 is 0 Å². The molecule has 0 atom stereocenters. The Morgan fingerprint density at radius 1 is 1.22 bits per heavy atom. The van der Waals surface area contributed by atoms with Gasteiger partial charge in [0.1, 0.15) is 5.82 Å². The Kier molecular flexibility index (Phi) is 3.87. The first kappa shape index (κ1) is 12.9. The highest BCUT2D eigenvalue weighted by Crippen LogP contribution is 2.32. The van der Waals surface area contributed by atoms with Crippen molar-refractivity contribution in [3.63, 3.8) is 0 Å². The molecule has 2 nitrogen and oxygen atoms in total. The highest BCUT2D eigenvalue weighted by atomic mass is 79.9. The molecule has 2 N–H and O–H groups in total. The Balaban J connectivity index is 2.45. The van der Waals surface area contributed by atoms with Crippen molar-refractivity contribution in [1.82, 2.24) is 0 Å². The van der Waals surface area contributed by atoms with Crippen molar-refractivity contribution >= 4 is 33.0 Å². The summed E-state index contributed by atoms with van der Waals surface area (Å²) in [4.78, 5) is 1.98. The third-order valence-electron chi connectivity index (χ3n) is 2.72. The maximum atomic E-state index is 13.3. The summed E-state index contributed by atoms with van der Waals surface area (Å²) >= 11 is 3.38. The van der Waals surface area contributed by atoms with Crippen LogP contribution in [0.4, 0.5) is 21.5 Å². The zero-order chi connectivity index (χ0) is 13.1. The van der Waals surface area contributed by atoms with Crippen LogP contribution in [0.3, 0.4) is 0 Å². The van der Waals surface area contributed by atoms with Gasteiger partial charge in [0, 0.05) is 16.7 Å². The number of nitrogens with zero attached hydrogens (tertiary/aromatic N) is 1. The number of rotatable bonds is 3. The Labute approximate surface area is 114 Å². The van der Waals surface area contributed by atoms with Crippen molar-refractivity contribution in [3.05, 3.63) is 52.8 Å². The van der Waals surface area contributed by atoms with Gasteiger partial charge in [0.25, 0.3) is 0 Å². The van der Waals surface area contributed by atoms with Gasteiger partial charge in [-0.25, -0.2) is 4.39 Å². The normalized spacial score (nSPS) is 10.4. The predicted octanol–water partition coefficient (Wildman–Crippen LogP) is 4.33. The molecule has 0 aromatic heterocycles. The molecule has 2 aromatic carbocycles. The van der Waals surface area contributed by atoms with Gasteiger partial charge in [-0.3, -0.25) is 0 Å². The number of halogens is 2. The van der Waals surface area contributed by atoms with Crippen LogP contribution in [-0.2, 0) is 0 Å². The van der Waals surface area contributed by atoms with E-state index in [9.17, 15) is 4.39 Å². The standard InChI is InChI=1S/C14H14BrFN2/c1-2-18(12-5-3-4-11(16)9-12)14-7-6-10(15)8-13(14)17/h3-9H,2,17H2,1H3. The van der Waals surface area contributed by atoms with Crippen LogP contribution in [0.2, 0.25) is 0 Å². The van der Waals surface area contributed by atoms with Crippen molar-refractivity contribution in [2.45, 2.75) is 6.92 Å². The van der Waals surface area contributed by atoms with E-state index in [2.05, 4.69) is 15.9 Å². The van der Waals surface area contributed by atoms with Crippen molar-refractivity contribution in [3.8, 4) is 0 Å². The number of nitrogen functional groups attached to an aromatic ring is 1. The lowest BCUT2D eigenvalue weighted by molar-refractivity contribution is 0.627. The largest absolute Gasteiger partial charge is 0.397 e. The molecule has 0 fully saturated rings. The lowest BCUT2D eigenvalue weighted by Gasteiger charge is -2.25. The molecule has 4 heteroatoms. The van der Waals surface area contributed by atoms with E-state index in [4.69, 9.17) is 5.73 Å². The Hall–Kier alpha value is -1.55. The first-order valence-corrected chi connectivity index (χ1v) is 6.49. The summed E-state index contributed by atoms with van der Waals surface area (Å²) in [5.74, 6) is -0.248. The van der Waals surface area contributed by atoms with E-state index < -0.39 is 0 Å². The molecule has 0 saturated heterocycles. The quantitative estimate of drug-likeness (QED) is 0.855. The second-order valence-electron chi connectivity index (χ2n) is 3.93. The molecule has 0 bridgehead atoms. The van der Waals surface area contributed by atoms with Crippen LogP contribution in [0.5, 0.6) is 0 Å². The second kappa shape index (κ2) is 5.40. The molecular weight excluding hydrogens is 295 g/mol. The molecule has 0 radical (unpaired) electrons. The summed E-state index contributed by atoms with van der Waals surface area (Å²) in [5, 5.41) is 0. The molecule has 2 rings (SSSR count). The molecule has 0 spiro atoms. The fraction of sp³-hybridized carbons (Fsp3) is 0.143. The summed E-state index contributed by atoms with van der Waals surface area (Å²) < 4.78 is 14.2. The zero-order valence-electron chi connectivity index (χ0n) is 10.0. The van der Waals surface area contributed by atoms with E-state index in [0.29, 0.717) is 5.69 Å². The average Bonchev–Trinajstić information content (AvgIpc) is 2.33. The molecule has 0 aliphatic carbocycles. The van der Waals surface area contributed by atoms with Crippen LogP contribution in [-0.4, -0.2) is 6.54 Å². The van der Waals surface area contributed by atoms with Crippen LogP contribution in [0, 0.1) is 5.82 Å². The number of anilines is 3. The Morgan fingerprint density at radius 2 is 2.00 bits per heavy atom. The average molecular weight is 309 g/mol. The summed E-state index contributed by atoms with van der Waals surface area (Å²) in [6.45, 7) is 2.72. The van der Waals surface area contributed by atoms with Crippen molar-refractivity contribution < 1.29 is 4.39 Å². The molecule has 0 saturated carbocycles. The minimum Gasteiger partial charge on any atom is -0.397 e. The highest BCUT2D eigenvalue weighted by molar-refractivity contribution is 9.10. The van der Waals surface area contributed by atoms with E-state index in [1.807, 2.05) is 36.1 Å². The predicted molar refractivity (Wildman–Crippen MR) is 77.6 cm³/mol. The number of hydrogen-bond acceptors (Lipinski definition) is 2. The van der Waals surface area contributed by atoms with Crippen LogP contribution >= 0.6 is 15.9 Å². The van der Waals surface area contributed by atoms with E-state index in [0.717, 1.165) is 22.4 Å². The van der Waals surface area contributed by atoms with Crippen LogP contribution in [0.25, 0.3) is 0 Å². The molecule has 0 unspecified atom stereocenters. The minimum absolute atomic E-state index is 0.248. The third kappa shape index (κ3) is 2.64. The van der Waals surface area contributed by atoms with E-state index in [1.54, 1.807) is 6.07 Å². The topological polar surface area (TPSA) is 29.3 Å². The Morgan fingerprint density at radius 3 is 2.61 bits per heavy atom. The third-order valence-corrected chi connectivity index (χ3v) is 3.21. The Bertz CT molecular complexity index is 557. The van der Waals surface area contributed by atoms with Gasteiger partial charge < -0.3 is 10.6 Å². The molecule has 94 valence electrons. The second-order valence-corrected chi connectivity index (χ2v) is 4.84. The zero-order valence-corrected chi connectivity index (χ0v) is 11.6. The molecule has 0 aliphatic rings. The van der Waals surface area contributed by atoms with Crippen LogP contribution in [0.15, 0.2) is 46.9 Å². The van der Waals surface area contributed by atoms with Crippen LogP contribution < -0.4 is 10.6 Å². The van der Waals surface area contributed by atoms with Crippen LogP contribution in [0.1, 0.15) is 6.92 Å². The summed E-state index contributed by atoms with van der Waals surface area (Å²) in [6, 6.07) is 12.2. The molecule has 0 aliphatic heterocycles. The molecule has 0 heterocycles. The maximum absolute atomic E-state index is 13.3.